The molecule has 106 heavy (non-hydrogen) atoms. The highest BCUT2D eigenvalue weighted by Gasteiger charge is 2.43. The number of carbonyl (C=O) groups is 6. The second kappa shape index (κ2) is 32.9. The minimum Gasteiger partial charge on any atom is -0.449 e. The number of pyridine rings is 3. The SMILES string of the molecule is CCC(=O)N1CCN(c2ccnc(-c3c[nH]c4ncc(Cl)cc34)n2)[C@H](C(=O)NCC(F)(F)F)C1.CCCCOC(=O)N1CCN(c2ccnc(-c3c[nH]c4ncc(Cl)cc34)n2)[C@H](C(=O)NCC(F)(F)F)C1.O=C(NCC(F)(F)F)[C@@H]1CN(C(=O)C2CC2)CCN1c1ccnc(-c2c[nH]c3ncc(Cl)cc23)n1.[HH].[HH].[HH].[HH].[HH]. The van der Waals surface area contributed by atoms with E-state index >= 15 is 0 Å². The Kier molecular flexibility index (Phi) is 23.8. The Morgan fingerprint density at radius 2 is 0.858 bits per heavy atom. The summed E-state index contributed by atoms with van der Waals surface area (Å²) in [7, 11) is 0. The highest BCUT2D eigenvalue weighted by Crippen LogP contribution is 2.36. The van der Waals surface area contributed by atoms with E-state index in [4.69, 9.17) is 39.5 Å². The van der Waals surface area contributed by atoms with Gasteiger partial charge in [0, 0.05) is 147 Å². The normalized spacial score (nSPS) is 17.2. The van der Waals surface area contributed by atoms with Crippen molar-refractivity contribution in [3.63, 3.8) is 0 Å². The van der Waals surface area contributed by atoms with Crippen molar-refractivity contribution in [3.05, 3.63) is 107 Å². The minimum atomic E-state index is -4.58. The summed E-state index contributed by atoms with van der Waals surface area (Å²) in [6.07, 6.45) is 3.08. The average Bonchev–Trinajstić information content (AvgIpc) is 1.77. The fraction of sp³-hybridized carbons (Fsp3) is 0.409. The topological polar surface area (TPSA) is 331 Å². The van der Waals surface area contributed by atoms with Gasteiger partial charge >= 0.3 is 24.6 Å². The van der Waals surface area contributed by atoms with E-state index in [9.17, 15) is 68.3 Å². The number of hydrogen-bond donors (Lipinski definition) is 6. The van der Waals surface area contributed by atoms with Crippen LogP contribution in [-0.2, 0) is 28.7 Å². The zero-order valence-electron chi connectivity index (χ0n) is 56.3. The molecule has 1 saturated carbocycles. The fourth-order valence-electron chi connectivity index (χ4n) is 12.0. The summed E-state index contributed by atoms with van der Waals surface area (Å²) in [6, 6.07) is 6.66. The maximum absolute atomic E-state index is 12.9. The molecule has 0 bridgehead atoms. The van der Waals surface area contributed by atoms with Crippen molar-refractivity contribution in [2.24, 2.45) is 5.92 Å². The van der Waals surface area contributed by atoms with Crippen LogP contribution in [0.5, 0.6) is 0 Å². The number of piperazine rings is 3. The number of fused-ring (bicyclic) bond motifs is 3. The number of hydrogen-bond acceptors (Lipinski definition) is 19. The van der Waals surface area contributed by atoms with E-state index in [-0.39, 0.29) is 83.7 Å². The first kappa shape index (κ1) is 76.7. The Morgan fingerprint density at radius 1 is 0.509 bits per heavy atom. The van der Waals surface area contributed by atoms with Crippen LogP contribution in [0.1, 0.15) is 53.1 Å². The molecule has 6 amide bonds. The molecule has 40 heteroatoms. The van der Waals surface area contributed by atoms with Gasteiger partial charge in [-0.2, -0.15) is 39.5 Å². The Balaban J connectivity index is 0.000000254. The van der Waals surface area contributed by atoms with Gasteiger partial charge in [0.05, 0.1) is 41.3 Å². The monoisotopic (exact) mass is 1550 g/mol. The number of alkyl halides is 9. The van der Waals surface area contributed by atoms with Gasteiger partial charge in [0.2, 0.25) is 29.5 Å². The molecule has 9 aromatic heterocycles. The number of aromatic nitrogens is 12. The number of ether oxygens (including phenoxy) is 1. The number of carbonyl (C=O) groups excluding carboxylic acids is 6. The number of nitrogens with one attached hydrogen (secondary N) is 6. The highest BCUT2D eigenvalue weighted by atomic mass is 35.5. The van der Waals surface area contributed by atoms with Crippen LogP contribution in [0, 0.1) is 5.92 Å². The van der Waals surface area contributed by atoms with Crippen molar-refractivity contribution in [3.8, 4) is 34.2 Å². The molecule has 3 aliphatic heterocycles. The van der Waals surface area contributed by atoms with E-state index in [2.05, 4.69) is 59.8 Å². The number of amides is 6. The second-order valence-corrected chi connectivity index (χ2v) is 26.1. The number of rotatable bonds is 17. The third kappa shape index (κ3) is 19.2. The molecule has 13 rings (SSSR count). The molecule has 1 aliphatic carbocycles. The van der Waals surface area contributed by atoms with Gasteiger partial charge in [-0.05, 0) is 55.7 Å². The van der Waals surface area contributed by atoms with Gasteiger partial charge in [-0.1, -0.05) is 55.1 Å². The van der Waals surface area contributed by atoms with Gasteiger partial charge in [-0.25, -0.2) is 49.7 Å². The average molecular weight is 1550 g/mol. The Morgan fingerprint density at radius 3 is 1.21 bits per heavy atom. The molecule has 12 heterocycles. The Bertz CT molecular complexity index is 4710. The lowest BCUT2D eigenvalue weighted by Crippen LogP contribution is -2.61. The van der Waals surface area contributed by atoms with Crippen LogP contribution in [0.15, 0.2) is 92.2 Å². The van der Waals surface area contributed by atoms with Crippen molar-refractivity contribution in [2.75, 3.05) is 99.8 Å². The fourth-order valence-corrected chi connectivity index (χ4v) is 12.4. The van der Waals surface area contributed by atoms with Gasteiger partial charge in [0.25, 0.3) is 0 Å². The van der Waals surface area contributed by atoms with Gasteiger partial charge in [-0.15, -0.1) is 0 Å². The maximum Gasteiger partial charge on any atom is 0.409 e. The third-order valence-corrected chi connectivity index (χ3v) is 18.0. The lowest BCUT2D eigenvalue weighted by atomic mass is 10.1. The largest absolute Gasteiger partial charge is 0.449 e. The van der Waals surface area contributed by atoms with Gasteiger partial charge in [0.15, 0.2) is 17.5 Å². The van der Waals surface area contributed by atoms with E-state index in [1.54, 1.807) is 81.5 Å². The molecule has 3 atom stereocenters. The van der Waals surface area contributed by atoms with E-state index in [0.717, 1.165) is 19.3 Å². The molecule has 0 spiro atoms. The van der Waals surface area contributed by atoms with Crippen molar-refractivity contribution in [1.29, 1.82) is 0 Å². The number of anilines is 3. The Hall–Kier alpha value is -10.4. The predicted molar refractivity (Wildman–Crippen MR) is 382 cm³/mol. The van der Waals surface area contributed by atoms with E-state index in [1.807, 2.05) is 22.9 Å². The molecule has 0 aromatic carbocycles. The lowest BCUT2D eigenvalue weighted by molar-refractivity contribution is -0.141. The van der Waals surface area contributed by atoms with Gasteiger partial charge < -0.3 is 65.0 Å². The van der Waals surface area contributed by atoms with Crippen LogP contribution >= 0.6 is 34.8 Å². The smallest absolute Gasteiger partial charge is 0.409 e. The third-order valence-electron chi connectivity index (χ3n) is 17.3. The first-order valence-electron chi connectivity index (χ1n) is 33.2. The number of unbranched alkanes of at least 4 members (excludes halogenated alkanes) is 1. The maximum atomic E-state index is 12.9. The summed E-state index contributed by atoms with van der Waals surface area (Å²) >= 11 is 18.3. The molecule has 4 fully saturated rings. The van der Waals surface area contributed by atoms with E-state index < -0.39 is 80.1 Å². The molecule has 3 saturated heterocycles. The molecule has 4 aliphatic rings. The van der Waals surface area contributed by atoms with Crippen LogP contribution in [-0.4, -0.2) is 232 Å². The van der Waals surface area contributed by atoms with Crippen molar-refractivity contribution in [2.45, 2.75) is 82.6 Å². The number of aromatic amines is 3. The molecule has 28 nitrogen and oxygen atoms in total. The van der Waals surface area contributed by atoms with Crippen LogP contribution in [0.2, 0.25) is 15.1 Å². The number of halogens is 12. The van der Waals surface area contributed by atoms with Crippen LogP contribution < -0.4 is 30.7 Å². The van der Waals surface area contributed by atoms with Crippen LogP contribution in [0.25, 0.3) is 67.3 Å². The number of H-pyrrole nitrogens is 3. The summed E-state index contributed by atoms with van der Waals surface area (Å²) in [4.78, 5) is 133. The van der Waals surface area contributed by atoms with Crippen molar-refractivity contribution >= 4 is 121 Å². The summed E-state index contributed by atoms with van der Waals surface area (Å²) in [6.45, 7) is 0.644. The van der Waals surface area contributed by atoms with E-state index in [0.29, 0.717) is 119 Å². The Labute approximate surface area is 619 Å². The standard InChI is InChI=1S/C23H25ClF3N7O3.C22H21ClF3N7O2.C21H21ClF3N7O2.5H2/c1-2-3-8-37-22(36)33-6-7-34(17(12-33)21(35)31-13-23(25,26)27)18-4-5-28-20(32-18)16-11-30-19-15(16)9-14(24)10-29-19;23-13-7-14-15(9-29-18(14)28-8-13)19-27-4-3-17(31-19)33-6-5-32(21(35)12-1-2-12)10-16(33)20(34)30-11-22(24,25)26;1-2-17(33)31-5-6-32(15(10-31)20(34)29-11-21(23,24)25)16-3-4-26-19(30-16)14-9-28-18-13(14)7-12(22)8-27-18;;;;;/h4-5,9-11,17H,2-3,6-8,12-13H2,1H3,(H,29,30)(H,31,35);3-4,7-9,12,16H,1-2,5-6,10-11H2,(H,28,29)(H,30,34);3-4,7-9,15H,2,5-6,10-11H2,1H3,(H,27,28)(H,29,34);5*1H/t17-;16-;15-;;;;;/m000...../s1. The highest BCUT2D eigenvalue weighted by molar-refractivity contribution is 6.32. The second-order valence-electron chi connectivity index (χ2n) is 24.8. The number of nitrogens with zero attached hydrogens (tertiary/aromatic N) is 15. The van der Waals surface area contributed by atoms with Crippen LogP contribution in [0.4, 0.5) is 61.8 Å². The molecular weight excluding hydrogens is 1480 g/mol. The molecule has 572 valence electrons. The molecular formula is C66H77Cl3F9N21O7. The molecule has 6 N–H and O–H groups in total. The minimum absolute atomic E-state index is 0. The molecule has 0 radical (unpaired) electrons. The lowest BCUT2D eigenvalue weighted by Gasteiger charge is -2.41. The summed E-state index contributed by atoms with van der Waals surface area (Å²) in [5, 5.41) is 9.18. The summed E-state index contributed by atoms with van der Waals surface area (Å²) in [5.41, 5.74) is 3.64. The van der Waals surface area contributed by atoms with Gasteiger partial charge in [0.1, 0.15) is 72.2 Å². The summed E-state index contributed by atoms with van der Waals surface area (Å²) < 4.78 is 120. The first-order valence-corrected chi connectivity index (χ1v) is 34.3. The van der Waals surface area contributed by atoms with E-state index in [1.165, 1.54) is 47.0 Å². The van der Waals surface area contributed by atoms with Gasteiger partial charge in [-0.3, -0.25) is 24.0 Å². The molecule has 0 unspecified atom stereocenters. The predicted octanol–water partition coefficient (Wildman–Crippen LogP) is 10.6. The van der Waals surface area contributed by atoms with Crippen molar-refractivity contribution in [1.82, 2.24) is 90.5 Å². The zero-order valence-corrected chi connectivity index (χ0v) is 58.6. The molecule has 9 aromatic rings. The zero-order chi connectivity index (χ0) is 75.8. The first-order chi connectivity index (χ1) is 50.5. The quantitative estimate of drug-likeness (QED) is 0.0364. The summed E-state index contributed by atoms with van der Waals surface area (Å²) in [5.74, 6) is -0.838. The van der Waals surface area contributed by atoms with Crippen molar-refractivity contribution < 1.29 is 80.2 Å². The van der Waals surface area contributed by atoms with Crippen LogP contribution in [0.3, 0.4) is 0 Å².